The van der Waals surface area contributed by atoms with Gasteiger partial charge in [-0.1, -0.05) is 6.92 Å². The fourth-order valence-corrected chi connectivity index (χ4v) is 1.59. The van der Waals surface area contributed by atoms with Gasteiger partial charge in [-0.25, -0.2) is 4.57 Å². The van der Waals surface area contributed by atoms with Crippen LogP contribution in [0.2, 0.25) is 0 Å². The van der Waals surface area contributed by atoms with Gasteiger partial charge in [-0.2, -0.15) is 0 Å². The second-order valence-electron chi connectivity index (χ2n) is 3.28. The molecule has 2 unspecified atom stereocenters. The Morgan fingerprint density at radius 3 is 2.50 bits per heavy atom. The third kappa shape index (κ3) is 3.05. The average molecular weight is 222 g/mol. The molecule has 3 N–H and O–H groups in total. The normalized spacial score (nSPS) is 38.9. The Morgan fingerprint density at radius 2 is 2.14 bits per heavy atom. The summed E-state index contributed by atoms with van der Waals surface area (Å²) in [5.41, 5.74) is 0. The van der Waals surface area contributed by atoms with Crippen LogP contribution in [0.15, 0.2) is 0 Å². The molecule has 80 valence electrons. The van der Waals surface area contributed by atoms with E-state index in [-0.39, 0.29) is 12.5 Å². The first kappa shape index (κ1) is 12.2. The first-order valence-electron chi connectivity index (χ1n) is 4.10. The molecule has 0 aliphatic carbocycles. The van der Waals surface area contributed by atoms with Gasteiger partial charge in [0.25, 0.3) is 0 Å². The molecule has 0 aromatic rings. The molecular weight excluding hydrogens is 210 g/mol. The zero-order chi connectivity index (χ0) is 10.9. The maximum Gasteiger partial charge on any atom is 0.469 e. The van der Waals surface area contributed by atoms with E-state index in [1.807, 2.05) is 0 Å². The van der Waals surface area contributed by atoms with Crippen LogP contribution in [-0.2, 0) is 13.8 Å². The molecule has 1 heterocycles. The highest BCUT2D eigenvalue weighted by Gasteiger charge is 2.38. The van der Waals surface area contributed by atoms with Crippen molar-refractivity contribution in [2.75, 3.05) is 6.61 Å². The van der Waals surface area contributed by atoms with Gasteiger partial charge in [-0.05, 0) is 0 Å². The van der Waals surface area contributed by atoms with Crippen LogP contribution in [0, 0.1) is 5.92 Å². The molecule has 0 spiro atoms. The van der Waals surface area contributed by atoms with E-state index < -0.39 is 26.0 Å². The van der Waals surface area contributed by atoms with E-state index in [0.717, 1.165) is 0 Å². The number of hydrogen-bond donors (Lipinski definition) is 3. The predicted octanol–water partition coefficient (Wildman–Crippen LogP) is -1.01. The van der Waals surface area contributed by atoms with E-state index in [9.17, 15) is 9.67 Å². The van der Waals surface area contributed by atoms with Crippen molar-refractivity contribution >= 4 is 15.7 Å². The Balaban J connectivity index is 2.44. The molecule has 6 nitrogen and oxygen atoms in total. The van der Waals surface area contributed by atoms with Crippen LogP contribution in [0.25, 0.3) is 0 Å². The largest absolute Gasteiger partial charge is 0.469 e. The van der Waals surface area contributed by atoms with E-state index in [0.29, 0.717) is 0 Å². The lowest BCUT2D eigenvalue weighted by Crippen LogP contribution is -2.29. The Kier molecular flexibility index (Phi) is 3.74. The van der Waals surface area contributed by atoms with Crippen molar-refractivity contribution in [1.82, 2.24) is 0 Å². The molecule has 8 heteroatoms. The Morgan fingerprint density at radius 1 is 1.57 bits per heavy atom. The minimum atomic E-state index is -4.52. The predicted molar refractivity (Wildman–Crippen MR) is 47.6 cm³/mol. The van der Waals surface area contributed by atoms with Crippen LogP contribution in [0.5, 0.6) is 0 Å². The van der Waals surface area contributed by atoms with Crippen molar-refractivity contribution in [3.8, 4) is 0 Å². The molecule has 1 fully saturated rings. The summed E-state index contributed by atoms with van der Waals surface area (Å²) in [5, 5.41) is 9.49. The zero-order valence-electron chi connectivity index (χ0n) is 7.61. The lowest BCUT2D eigenvalue weighted by molar-refractivity contribution is -0.00501. The summed E-state index contributed by atoms with van der Waals surface area (Å²) in [5.74, 6) is -0.277. The van der Waals surface area contributed by atoms with Gasteiger partial charge in [0.2, 0.25) is 0 Å². The van der Waals surface area contributed by atoms with Crippen LogP contribution in [-0.4, -0.2) is 47.6 Å². The second kappa shape index (κ2) is 4.30. The lowest BCUT2D eigenvalue weighted by atomic mass is 9.86. The first-order chi connectivity index (χ1) is 6.31. The summed E-state index contributed by atoms with van der Waals surface area (Å²) in [6, 6.07) is -0.629. The van der Waals surface area contributed by atoms with Crippen LogP contribution >= 0.6 is 7.82 Å². The van der Waals surface area contributed by atoms with Crippen molar-refractivity contribution in [1.29, 1.82) is 0 Å². The van der Waals surface area contributed by atoms with E-state index in [1.54, 1.807) is 6.92 Å². The van der Waals surface area contributed by atoms with E-state index in [4.69, 9.17) is 22.4 Å². The fourth-order valence-electron chi connectivity index (χ4n) is 1.25. The number of hydrogen-bond acceptors (Lipinski definition) is 4. The molecule has 0 saturated carbocycles. The topological polar surface area (TPSA) is 96.2 Å². The maximum atomic E-state index is 10.4. The number of rotatable bonds is 3. The van der Waals surface area contributed by atoms with Crippen molar-refractivity contribution in [3.63, 3.8) is 0 Å². The van der Waals surface area contributed by atoms with Gasteiger partial charge in [0, 0.05) is 11.9 Å². The van der Waals surface area contributed by atoms with Crippen molar-refractivity contribution in [2.24, 2.45) is 5.92 Å². The second-order valence-corrected chi connectivity index (χ2v) is 4.51. The van der Waals surface area contributed by atoms with Gasteiger partial charge in [-0.15, -0.1) is 0 Å². The van der Waals surface area contributed by atoms with E-state index >= 15 is 0 Å². The molecule has 1 rings (SSSR count). The van der Waals surface area contributed by atoms with Crippen LogP contribution in [0.1, 0.15) is 6.92 Å². The molecule has 2 radical (unpaired) electrons. The highest BCUT2D eigenvalue weighted by atomic mass is 31.2. The van der Waals surface area contributed by atoms with Gasteiger partial charge >= 0.3 is 7.82 Å². The quantitative estimate of drug-likeness (QED) is 0.418. The summed E-state index contributed by atoms with van der Waals surface area (Å²) in [4.78, 5) is 16.8. The zero-order valence-corrected chi connectivity index (χ0v) is 8.50. The van der Waals surface area contributed by atoms with Gasteiger partial charge in [0.15, 0.2) is 0 Å². The molecule has 1 saturated heterocycles. The first-order valence-corrected chi connectivity index (χ1v) is 5.63. The molecular formula is C6H12BO6P. The Labute approximate surface area is 82.9 Å². The van der Waals surface area contributed by atoms with Gasteiger partial charge in [0.1, 0.15) is 14.0 Å². The van der Waals surface area contributed by atoms with Crippen molar-refractivity contribution in [2.45, 2.75) is 25.1 Å². The lowest BCUT2D eigenvalue weighted by Gasteiger charge is -2.15. The van der Waals surface area contributed by atoms with Crippen molar-refractivity contribution in [3.05, 3.63) is 0 Å². The maximum absolute atomic E-state index is 10.4. The van der Waals surface area contributed by atoms with Gasteiger partial charge < -0.3 is 19.6 Å². The molecule has 0 bridgehead atoms. The molecule has 14 heavy (non-hydrogen) atoms. The highest BCUT2D eigenvalue weighted by Crippen LogP contribution is 2.37. The molecule has 1 aliphatic rings. The molecule has 0 aromatic heterocycles. The minimum Gasteiger partial charge on any atom is -0.390 e. The van der Waals surface area contributed by atoms with Crippen molar-refractivity contribution < 1.29 is 28.7 Å². The summed E-state index contributed by atoms with van der Waals surface area (Å²) in [7, 11) is 0.950. The Bertz CT molecular complexity index is 242. The SMILES string of the molecule is [B][C@@H]1OC(COP(=O)(O)O)[C@@H](O)C1C. The molecule has 1 aliphatic heterocycles. The number of aliphatic hydroxyl groups excluding tert-OH is 1. The summed E-state index contributed by atoms with van der Waals surface area (Å²) in [6.45, 7) is 1.32. The van der Waals surface area contributed by atoms with E-state index in [2.05, 4.69) is 4.52 Å². The number of phosphoric ester groups is 1. The third-order valence-corrected chi connectivity index (χ3v) is 2.66. The van der Waals surface area contributed by atoms with Gasteiger partial charge in [0.05, 0.1) is 12.7 Å². The summed E-state index contributed by atoms with van der Waals surface area (Å²) in [6.07, 6.45) is -1.65. The average Bonchev–Trinajstić information content (AvgIpc) is 2.28. The molecule has 4 atom stereocenters. The standard InChI is InChI=1S/C6H12BO6P/c1-3-5(8)4(13-6(3)7)2-12-14(9,10)11/h3-6,8H,2H2,1H3,(H2,9,10,11)/t3?,4?,5-,6+/m0/s1. The molecule has 0 aromatic carbocycles. The number of ether oxygens (including phenoxy) is 1. The monoisotopic (exact) mass is 222 g/mol. The van der Waals surface area contributed by atoms with Crippen LogP contribution in [0.3, 0.4) is 0 Å². The van der Waals surface area contributed by atoms with Gasteiger partial charge in [-0.3, -0.25) is 4.52 Å². The van der Waals surface area contributed by atoms with Crippen LogP contribution < -0.4 is 0 Å². The molecule has 0 amide bonds. The summed E-state index contributed by atoms with van der Waals surface area (Å²) < 4.78 is 19.6. The number of aliphatic hydroxyl groups is 1. The van der Waals surface area contributed by atoms with Crippen LogP contribution in [0.4, 0.5) is 0 Å². The van der Waals surface area contributed by atoms with E-state index in [1.165, 1.54) is 0 Å². The smallest absolute Gasteiger partial charge is 0.390 e. The highest BCUT2D eigenvalue weighted by molar-refractivity contribution is 7.46. The Hall–Kier alpha value is 0.0949. The third-order valence-electron chi connectivity index (χ3n) is 2.18. The minimum absolute atomic E-state index is 0.277. The summed E-state index contributed by atoms with van der Waals surface area (Å²) >= 11 is 0. The fraction of sp³-hybridized carbons (Fsp3) is 1.00. The number of phosphoric acid groups is 1.